The first-order chi connectivity index (χ1) is 16.3. The van der Waals surface area contributed by atoms with E-state index in [1.807, 2.05) is 0 Å². The summed E-state index contributed by atoms with van der Waals surface area (Å²) in [7, 11) is 0. The molecule has 2 aromatic heterocycles. The maximum absolute atomic E-state index is 2.54. The summed E-state index contributed by atoms with van der Waals surface area (Å²) in [5, 5.41) is 5.62. The molecule has 1 heteroatoms. The number of hydrogen-bond acceptors (Lipinski definition) is 0. The highest BCUT2D eigenvalue weighted by atomic mass is 14.9. The predicted octanol–water partition coefficient (Wildman–Crippen LogP) is 9.39. The second-order valence-corrected chi connectivity index (χ2v) is 11.4. The van der Waals surface area contributed by atoms with Crippen LogP contribution < -0.4 is 0 Å². The maximum Gasteiger partial charge on any atom is 0.0624 e. The van der Waals surface area contributed by atoms with E-state index in [-0.39, 0.29) is 5.41 Å². The zero-order chi connectivity index (χ0) is 23.5. The van der Waals surface area contributed by atoms with E-state index in [2.05, 4.69) is 113 Å². The van der Waals surface area contributed by atoms with Crippen molar-refractivity contribution in [3.8, 4) is 11.1 Å². The van der Waals surface area contributed by atoms with Crippen molar-refractivity contribution in [2.45, 2.75) is 58.8 Å². The van der Waals surface area contributed by atoms with Crippen LogP contribution in [0.5, 0.6) is 0 Å². The van der Waals surface area contributed by atoms with Gasteiger partial charge in [0.15, 0.2) is 0 Å². The Hall–Kier alpha value is -3.32. The van der Waals surface area contributed by atoms with Crippen LogP contribution in [0.1, 0.15) is 75.6 Å². The highest BCUT2D eigenvalue weighted by molar-refractivity contribution is 6.26. The van der Waals surface area contributed by atoms with Gasteiger partial charge < -0.3 is 4.40 Å². The molecule has 0 atom stereocenters. The van der Waals surface area contributed by atoms with Crippen LogP contribution in [0.2, 0.25) is 0 Å². The standard InChI is InChI=1S/C33H31N/c1-18(2)20-11-13-28-23(15-20)25-17-24-22-9-7-8-10-27(22)33(5,6)31(24)30-26-16-21(19(3)4)12-14-29(26)34(28)32(25)30/h7-19H,1-6H3. The van der Waals surface area contributed by atoms with E-state index in [0.29, 0.717) is 11.8 Å². The van der Waals surface area contributed by atoms with Crippen molar-refractivity contribution in [3.63, 3.8) is 0 Å². The van der Waals surface area contributed by atoms with Gasteiger partial charge in [0.2, 0.25) is 0 Å². The van der Waals surface area contributed by atoms with Gasteiger partial charge in [-0.2, -0.15) is 0 Å². The van der Waals surface area contributed by atoms with Gasteiger partial charge in [-0.1, -0.05) is 77.9 Å². The summed E-state index contributed by atoms with van der Waals surface area (Å²) in [5.41, 5.74) is 12.6. The maximum atomic E-state index is 2.54. The van der Waals surface area contributed by atoms with Gasteiger partial charge in [-0.3, -0.25) is 0 Å². The van der Waals surface area contributed by atoms with Crippen molar-refractivity contribution in [3.05, 3.63) is 89.0 Å². The highest BCUT2D eigenvalue weighted by Gasteiger charge is 2.39. The van der Waals surface area contributed by atoms with Gasteiger partial charge in [-0.25, -0.2) is 0 Å². The van der Waals surface area contributed by atoms with E-state index in [4.69, 9.17) is 0 Å². The van der Waals surface area contributed by atoms with Gasteiger partial charge in [-0.15, -0.1) is 0 Å². The average Bonchev–Trinajstić information content (AvgIpc) is 3.41. The van der Waals surface area contributed by atoms with Crippen LogP contribution in [0.4, 0.5) is 0 Å². The van der Waals surface area contributed by atoms with Crippen molar-refractivity contribution >= 4 is 38.1 Å². The van der Waals surface area contributed by atoms with Crippen LogP contribution in [0, 0.1) is 0 Å². The van der Waals surface area contributed by atoms with Crippen LogP contribution in [-0.2, 0) is 5.41 Å². The lowest BCUT2D eigenvalue weighted by Gasteiger charge is -2.22. The second-order valence-electron chi connectivity index (χ2n) is 11.4. The van der Waals surface area contributed by atoms with Gasteiger partial charge in [0, 0.05) is 27.0 Å². The van der Waals surface area contributed by atoms with Crippen LogP contribution in [0.25, 0.3) is 49.2 Å². The third-order valence-corrected chi connectivity index (χ3v) is 8.45. The van der Waals surface area contributed by atoms with Gasteiger partial charge in [0.1, 0.15) is 0 Å². The van der Waals surface area contributed by atoms with E-state index < -0.39 is 0 Å². The Morgan fingerprint density at radius 3 is 1.94 bits per heavy atom. The molecule has 0 bridgehead atoms. The van der Waals surface area contributed by atoms with E-state index in [9.17, 15) is 0 Å². The minimum Gasteiger partial charge on any atom is -0.308 e. The van der Waals surface area contributed by atoms with Crippen LogP contribution in [-0.4, -0.2) is 4.40 Å². The lowest BCUT2D eigenvalue weighted by molar-refractivity contribution is 0.667. The first-order valence-corrected chi connectivity index (χ1v) is 12.7. The largest absolute Gasteiger partial charge is 0.308 e. The van der Waals surface area contributed by atoms with Gasteiger partial charge in [0.05, 0.1) is 16.6 Å². The molecule has 1 aliphatic carbocycles. The van der Waals surface area contributed by atoms with Gasteiger partial charge in [0.25, 0.3) is 0 Å². The monoisotopic (exact) mass is 441 g/mol. The summed E-state index contributed by atoms with van der Waals surface area (Å²) in [6.45, 7) is 14.0. The molecule has 7 rings (SSSR count). The molecule has 34 heavy (non-hydrogen) atoms. The quantitative estimate of drug-likeness (QED) is 0.252. The van der Waals surface area contributed by atoms with Crippen molar-refractivity contribution in [1.29, 1.82) is 0 Å². The molecule has 0 spiro atoms. The van der Waals surface area contributed by atoms with Crippen molar-refractivity contribution < 1.29 is 0 Å². The molecule has 2 heterocycles. The normalized spacial score (nSPS) is 14.9. The summed E-state index contributed by atoms with van der Waals surface area (Å²) in [6.07, 6.45) is 0. The Kier molecular flexibility index (Phi) is 3.79. The molecule has 0 N–H and O–H groups in total. The van der Waals surface area contributed by atoms with E-state index in [1.165, 1.54) is 71.5 Å². The molecule has 4 aromatic carbocycles. The van der Waals surface area contributed by atoms with Crippen molar-refractivity contribution in [1.82, 2.24) is 4.40 Å². The predicted molar refractivity (Wildman–Crippen MR) is 147 cm³/mol. The zero-order valence-corrected chi connectivity index (χ0v) is 21.0. The summed E-state index contributed by atoms with van der Waals surface area (Å²) >= 11 is 0. The number of benzene rings is 4. The molecular weight excluding hydrogens is 410 g/mol. The third-order valence-electron chi connectivity index (χ3n) is 8.45. The molecular formula is C33H31N. The number of nitrogens with zero attached hydrogens (tertiary/aromatic N) is 1. The smallest absolute Gasteiger partial charge is 0.0624 e. The number of fused-ring (bicyclic) bond motifs is 10. The topological polar surface area (TPSA) is 4.41 Å². The van der Waals surface area contributed by atoms with Gasteiger partial charge in [-0.05, 0) is 75.5 Å². The zero-order valence-electron chi connectivity index (χ0n) is 21.0. The summed E-state index contributed by atoms with van der Waals surface area (Å²) < 4.78 is 2.54. The number of rotatable bonds is 2. The molecule has 0 amide bonds. The summed E-state index contributed by atoms with van der Waals surface area (Å²) in [5.74, 6) is 1.02. The molecule has 0 aliphatic heterocycles. The fourth-order valence-corrected chi connectivity index (χ4v) is 6.63. The first-order valence-electron chi connectivity index (χ1n) is 12.7. The van der Waals surface area contributed by atoms with Crippen LogP contribution >= 0.6 is 0 Å². The highest BCUT2D eigenvalue weighted by Crippen LogP contribution is 2.55. The fourth-order valence-electron chi connectivity index (χ4n) is 6.63. The molecule has 0 saturated heterocycles. The van der Waals surface area contributed by atoms with E-state index in [1.54, 1.807) is 0 Å². The Balaban J connectivity index is 1.77. The van der Waals surface area contributed by atoms with Gasteiger partial charge >= 0.3 is 0 Å². The fraction of sp³-hybridized carbons (Fsp3) is 0.273. The Morgan fingerprint density at radius 2 is 1.26 bits per heavy atom. The molecule has 1 aliphatic rings. The minimum atomic E-state index is -0.0325. The second kappa shape index (κ2) is 6.42. The number of aromatic nitrogens is 1. The molecule has 0 saturated carbocycles. The average molecular weight is 442 g/mol. The van der Waals surface area contributed by atoms with Crippen LogP contribution in [0.15, 0.2) is 66.7 Å². The Morgan fingerprint density at radius 1 is 0.647 bits per heavy atom. The summed E-state index contributed by atoms with van der Waals surface area (Å²) in [4.78, 5) is 0. The van der Waals surface area contributed by atoms with Crippen molar-refractivity contribution in [2.24, 2.45) is 0 Å². The Labute approximate surface area is 201 Å². The van der Waals surface area contributed by atoms with Crippen LogP contribution in [0.3, 0.4) is 0 Å². The third kappa shape index (κ3) is 2.30. The molecule has 168 valence electrons. The van der Waals surface area contributed by atoms with E-state index in [0.717, 1.165) is 0 Å². The Bertz CT molecular complexity index is 1770. The number of hydrogen-bond donors (Lipinski definition) is 0. The first kappa shape index (κ1) is 20.1. The SMILES string of the molecule is CC(C)c1ccc2c(c1)c1cc3c(c4c5cc(C(C)C)ccc5n2c14)C(C)(C)c1ccccc1-3. The van der Waals surface area contributed by atoms with E-state index >= 15 is 0 Å². The lowest BCUT2D eigenvalue weighted by Crippen LogP contribution is -2.15. The lowest BCUT2D eigenvalue weighted by atomic mass is 9.80. The molecule has 0 radical (unpaired) electrons. The van der Waals surface area contributed by atoms with Crippen molar-refractivity contribution in [2.75, 3.05) is 0 Å². The molecule has 1 nitrogen and oxygen atoms in total. The molecule has 0 fully saturated rings. The minimum absolute atomic E-state index is 0.0325. The molecule has 0 unspecified atom stereocenters. The molecule has 6 aromatic rings. The summed E-state index contributed by atoms with van der Waals surface area (Å²) in [6, 6.07) is 25.8.